The van der Waals surface area contributed by atoms with Crippen molar-refractivity contribution in [3.05, 3.63) is 0 Å². The Balaban J connectivity index is 3.05. The van der Waals surface area contributed by atoms with Gasteiger partial charge in [-0.1, -0.05) is 13.8 Å². The Bertz CT molecular complexity index is 207. The van der Waals surface area contributed by atoms with Gasteiger partial charge in [0.15, 0.2) is 5.78 Å². The first-order valence-electron chi connectivity index (χ1n) is 6.63. The number of hydrogen-bond acceptors (Lipinski definition) is 6. The van der Waals surface area contributed by atoms with E-state index in [1.54, 1.807) is 0 Å². The van der Waals surface area contributed by atoms with Crippen LogP contribution in [-0.2, 0) is 23.7 Å². The van der Waals surface area contributed by atoms with Gasteiger partial charge in [0, 0.05) is 5.92 Å². The van der Waals surface area contributed by atoms with Crippen LogP contribution in [0.3, 0.4) is 0 Å². The number of Topliss-reactive ketones (excluding diaryl/α,β-unsaturated/α-hetero) is 1. The fraction of sp³-hybridized carbons (Fsp3) is 0.923. The third kappa shape index (κ3) is 13.7. The Morgan fingerprint density at radius 2 is 1.26 bits per heavy atom. The molecule has 0 aromatic heterocycles. The lowest BCUT2D eigenvalue weighted by atomic mass is 10.1. The minimum Gasteiger partial charge on any atom is -0.394 e. The van der Waals surface area contributed by atoms with Gasteiger partial charge in [-0.2, -0.15) is 0 Å². The third-order valence-electron chi connectivity index (χ3n) is 2.24. The molecule has 0 atom stereocenters. The molecule has 0 saturated heterocycles. The lowest BCUT2D eigenvalue weighted by Gasteiger charge is -2.07. The van der Waals surface area contributed by atoms with Gasteiger partial charge in [-0.15, -0.1) is 0 Å². The molecule has 0 aliphatic rings. The van der Waals surface area contributed by atoms with Crippen LogP contribution in [0.2, 0.25) is 0 Å². The largest absolute Gasteiger partial charge is 0.394 e. The molecule has 6 nitrogen and oxygen atoms in total. The van der Waals surface area contributed by atoms with Crippen molar-refractivity contribution >= 4 is 5.78 Å². The van der Waals surface area contributed by atoms with Crippen molar-refractivity contribution in [1.82, 2.24) is 0 Å². The predicted molar refractivity (Wildman–Crippen MR) is 70.2 cm³/mol. The van der Waals surface area contributed by atoms with Gasteiger partial charge in [-0.05, 0) is 0 Å². The molecule has 0 saturated carbocycles. The van der Waals surface area contributed by atoms with E-state index in [2.05, 4.69) is 0 Å². The summed E-state index contributed by atoms with van der Waals surface area (Å²) < 4.78 is 20.7. The second-order valence-electron chi connectivity index (χ2n) is 4.23. The number of ketones is 1. The van der Waals surface area contributed by atoms with E-state index >= 15 is 0 Å². The molecule has 0 aliphatic heterocycles. The average Bonchev–Trinajstić information content (AvgIpc) is 2.39. The van der Waals surface area contributed by atoms with Gasteiger partial charge in [-0.25, -0.2) is 0 Å². The third-order valence-corrected chi connectivity index (χ3v) is 2.24. The van der Waals surface area contributed by atoms with Crippen LogP contribution in [0.1, 0.15) is 13.8 Å². The van der Waals surface area contributed by atoms with E-state index in [-0.39, 0.29) is 24.9 Å². The van der Waals surface area contributed by atoms with Crippen molar-refractivity contribution in [2.45, 2.75) is 13.8 Å². The van der Waals surface area contributed by atoms with Crippen molar-refractivity contribution in [1.29, 1.82) is 0 Å². The van der Waals surface area contributed by atoms with Gasteiger partial charge in [0.2, 0.25) is 0 Å². The number of carbonyl (C=O) groups is 1. The van der Waals surface area contributed by atoms with E-state index in [1.807, 2.05) is 13.8 Å². The van der Waals surface area contributed by atoms with Crippen molar-refractivity contribution in [3.8, 4) is 0 Å². The Kier molecular flexibility index (Phi) is 13.5. The zero-order valence-corrected chi connectivity index (χ0v) is 11.9. The molecule has 0 aromatic rings. The van der Waals surface area contributed by atoms with Crippen LogP contribution in [0.4, 0.5) is 0 Å². The molecule has 0 unspecified atom stereocenters. The molecule has 19 heavy (non-hydrogen) atoms. The number of rotatable bonds is 14. The number of hydrogen-bond donors (Lipinski definition) is 1. The number of aliphatic hydroxyl groups is 1. The predicted octanol–water partition coefficient (Wildman–Crippen LogP) is 0.270. The molecule has 1 N–H and O–H groups in total. The maximum Gasteiger partial charge on any atom is 0.160 e. The highest BCUT2D eigenvalue weighted by Crippen LogP contribution is 1.94. The Hall–Kier alpha value is -0.530. The maximum atomic E-state index is 11.2. The van der Waals surface area contributed by atoms with Gasteiger partial charge in [-0.3, -0.25) is 4.79 Å². The lowest BCUT2D eigenvalue weighted by molar-refractivity contribution is -0.127. The van der Waals surface area contributed by atoms with Crippen LogP contribution in [0.15, 0.2) is 0 Å². The van der Waals surface area contributed by atoms with Crippen molar-refractivity contribution in [2.75, 3.05) is 59.5 Å². The molecule has 0 heterocycles. The molecule has 0 aliphatic carbocycles. The van der Waals surface area contributed by atoms with Crippen LogP contribution in [-0.4, -0.2) is 70.4 Å². The molecule has 0 radical (unpaired) electrons. The summed E-state index contributed by atoms with van der Waals surface area (Å²) >= 11 is 0. The molecular formula is C13H26O6. The standard InChI is InChI=1S/C13H26O6/c1-12(2)13(15)11-19-10-9-18-8-7-17-6-5-16-4-3-14/h12,14H,3-11H2,1-2H3. The first-order chi connectivity index (χ1) is 9.18. The maximum absolute atomic E-state index is 11.2. The van der Waals surface area contributed by atoms with E-state index in [0.717, 1.165) is 0 Å². The smallest absolute Gasteiger partial charge is 0.160 e. The van der Waals surface area contributed by atoms with E-state index < -0.39 is 0 Å². The fourth-order valence-corrected chi connectivity index (χ4v) is 1.06. The van der Waals surface area contributed by atoms with Crippen molar-refractivity contribution < 1.29 is 28.8 Å². The second-order valence-corrected chi connectivity index (χ2v) is 4.23. The normalized spacial score (nSPS) is 11.2. The minimum atomic E-state index is 0.0161. The van der Waals surface area contributed by atoms with Gasteiger partial charge >= 0.3 is 0 Å². The molecule has 0 rings (SSSR count). The van der Waals surface area contributed by atoms with Crippen LogP contribution in [0, 0.1) is 5.92 Å². The summed E-state index contributed by atoms with van der Waals surface area (Å²) in [5.74, 6) is 0.119. The number of aliphatic hydroxyl groups excluding tert-OH is 1. The van der Waals surface area contributed by atoms with Crippen molar-refractivity contribution in [3.63, 3.8) is 0 Å². The summed E-state index contributed by atoms with van der Waals surface area (Å²) in [5, 5.41) is 8.46. The highest BCUT2D eigenvalue weighted by molar-refractivity contribution is 5.81. The zero-order valence-electron chi connectivity index (χ0n) is 11.9. The lowest BCUT2D eigenvalue weighted by Crippen LogP contribution is -2.17. The van der Waals surface area contributed by atoms with E-state index in [4.69, 9.17) is 24.1 Å². The summed E-state index contributed by atoms with van der Waals surface area (Å²) in [6, 6.07) is 0. The van der Waals surface area contributed by atoms with Gasteiger partial charge in [0.05, 0.1) is 52.9 Å². The average molecular weight is 278 g/mol. The first-order valence-corrected chi connectivity index (χ1v) is 6.63. The van der Waals surface area contributed by atoms with E-state index in [0.29, 0.717) is 46.2 Å². The minimum absolute atomic E-state index is 0.0161. The summed E-state index contributed by atoms with van der Waals surface area (Å²) in [6.07, 6.45) is 0. The molecule has 0 spiro atoms. The zero-order chi connectivity index (χ0) is 14.3. The Morgan fingerprint density at radius 1 is 0.842 bits per heavy atom. The number of ether oxygens (including phenoxy) is 4. The monoisotopic (exact) mass is 278 g/mol. The second kappa shape index (κ2) is 13.9. The van der Waals surface area contributed by atoms with Gasteiger partial charge in [0.25, 0.3) is 0 Å². The van der Waals surface area contributed by atoms with Gasteiger partial charge in [0.1, 0.15) is 6.61 Å². The fourth-order valence-electron chi connectivity index (χ4n) is 1.06. The molecule has 0 amide bonds. The van der Waals surface area contributed by atoms with Crippen LogP contribution < -0.4 is 0 Å². The molecule has 114 valence electrons. The molecule has 0 fully saturated rings. The summed E-state index contributed by atoms with van der Waals surface area (Å²) in [7, 11) is 0. The summed E-state index contributed by atoms with van der Waals surface area (Å²) in [4.78, 5) is 11.2. The summed E-state index contributed by atoms with van der Waals surface area (Å²) in [5.41, 5.74) is 0. The molecule has 0 bridgehead atoms. The highest BCUT2D eigenvalue weighted by Gasteiger charge is 2.06. The Labute approximate surface area is 115 Å². The quantitative estimate of drug-likeness (QED) is 0.460. The number of carbonyl (C=O) groups excluding carboxylic acids is 1. The molecular weight excluding hydrogens is 252 g/mol. The topological polar surface area (TPSA) is 74.2 Å². The first kappa shape index (κ1) is 18.5. The van der Waals surface area contributed by atoms with Gasteiger partial charge < -0.3 is 24.1 Å². The highest BCUT2D eigenvalue weighted by atomic mass is 16.6. The molecule has 0 aromatic carbocycles. The Morgan fingerprint density at radius 3 is 1.68 bits per heavy atom. The van der Waals surface area contributed by atoms with E-state index in [9.17, 15) is 4.79 Å². The van der Waals surface area contributed by atoms with Crippen LogP contribution >= 0.6 is 0 Å². The van der Waals surface area contributed by atoms with E-state index in [1.165, 1.54) is 0 Å². The van der Waals surface area contributed by atoms with Crippen LogP contribution in [0.25, 0.3) is 0 Å². The summed E-state index contributed by atoms with van der Waals surface area (Å²) in [6.45, 7) is 7.04. The SMILES string of the molecule is CC(C)C(=O)COCCOCCOCCOCCO. The van der Waals surface area contributed by atoms with Crippen LogP contribution in [0.5, 0.6) is 0 Å². The molecule has 6 heteroatoms. The van der Waals surface area contributed by atoms with Crippen molar-refractivity contribution in [2.24, 2.45) is 5.92 Å².